The van der Waals surface area contributed by atoms with Gasteiger partial charge < -0.3 is 9.84 Å². The monoisotopic (exact) mass is 239 g/mol. The standard InChI is InChI=1S/C11H10ClNO3/c1-2-16-11(15)10-7(6-14)3-4-9(12)8(10)5-13/h3-4,14H,2,6H2,1H3. The summed E-state index contributed by atoms with van der Waals surface area (Å²) < 4.78 is 4.81. The van der Waals surface area contributed by atoms with E-state index in [0.29, 0.717) is 5.56 Å². The molecule has 0 bridgehead atoms. The van der Waals surface area contributed by atoms with Crippen molar-refractivity contribution in [2.75, 3.05) is 6.61 Å². The number of ether oxygens (including phenoxy) is 1. The first kappa shape index (κ1) is 12.5. The molecule has 0 heterocycles. The summed E-state index contributed by atoms with van der Waals surface area (Å²) in [5, 5.41) is 18.2. The van der Waals surface area contributed by atoms with Crippen LogP contribution in [0.2, 0.25) is 5.02 Å². The van der Waals surface area contributed by atoms with Crippen molar-refractivity contribution in [3.05, 3.63) is 33.8 Å². The summed E-state index contributed by atoms with van der Waals surface area (Å²) in [6.45, 7) is 1.51. The zero-order valence-electron chi connectivity index (χ0n) is 8.66. The summed E-state index contributed by atoms with van der Waals surface area (Å²) in [5.74, 6) is -0.648. The molecule has 84 valence electrons. The number of hydrogen-bond donors (Lipinski definition) is 1. The average molecular weight is 240 g/mol. The Labute approximate surface area is 98.0 Å². The van der Waals surface area contributed by atoms with Crippen LogP contribution in [0, 0.1) is 11.3 Å². The van der Waals surface area contributed by atoms with Gasteiger partial charge in [0.2, 0.25) is 0 Å². The minimum absolute atomic E-state index is 0.0340. The van der Waals surface area contributed by atoms with Crippen molar-refractivity contribution in [1.29, 1.82) is 5.26 Å². The second kappa shape index (κ2) is 5.50. The summed E-state index contributed by atoms with van der Waals surface area (Å²) in [6.07, 6.45) is 0. The van der Waals surface area contributed by atoms with Gasteiger partial charge in [0.25, 0.3) is 0 Å². The normalized spacial score (nSPS) is 9.62. The molecule has 0 unspecified atom stereocenters. The van der Waals surface area contributed by atoms with Gasteiger partial charge in [-0.3, -0.25) is 0 Å². The number of esters is 1. The predicted molar refractivity (Wildman–Crippen MR) is 58.0 cm³/mol. The summed E-state index contributed by atoms with van der Waals surface area (Å²) in [6, 6.07) is 4.80. The molecule has 0 aliphatic rings. The van der Waals surface area contributed by atoms with Crippen LogP contribution in [-0.4, -0.2) is 17.7 Å². The zero-order valence-corrected chi connectivity index (χ0v) is 9.41. The van der Waals surface area contributed by atoms with Crippen LogP contribution in [0.25, 0.3) is 0 Å². The number of carbonyl (C=O) groups excluding carboxylic acids is 1. The summed E-state index contributed by atoms with van der Waals surface area (Å²) in [7, 11) is 0. The number of aliphatic hydroxyl groups excluding tert-OH is 1. The van der Waals surface area contributed by atoms with Crippen molar-refractivity contribution in [3.8, 4) is 6.07 Å². The van der Waals surface area contributed by atoms with Crippen LogP contribution in [0.1, 0.15) is 28.4 Å². The predicted octanol–water partition coefficient (Wildman–Crippen LogP) is 1.88. The maximum Gasteiger partial charge on any atom is 0.339 e. The van der Waals surface area contributed by atoms with Crippen molar-refractivity contribution < 1.29 is 14.6 Å². The lowest BCUT2D eigenvalue weighted by Gasteiger charge is -2.09. The van der Waals surface area contributed by atoms with Gasteiger partial charge in [-0.15, -0.1) is 0 Å². The third-order valence-electron chi connectivity index (χ3n) is 2.00. The maximum absolute atomic E-state index is 11.6. The average Bonchev–Trinajstić information content (AvgIpc) is 2.28. The number of halogens is 1. The molecule has 16 heavy (non-hydrogen) atoms. The van der Waals surface area contributed by atoms with E-state index in [4.69, 9.17) is 26.7 Å². The van der Waals surface area contributed by atoms with E-state index >= 15 is 0 Å². The Morgan fingerprint density at radius 2 is 2.31 bits per heavy atom. The van der Waals surface area contributed by atoms with Gasteiger partial charge in [-0.1, -0.05) is 17.7 Å². The topological polar surface area (TPSA) is 70.3 Å². The van der Waals surface area contributed by atoms with Crippen LogP contribution in [0.15, 0.2) is 12.1 Å². The molecule has 1 aromatic carbocycles. The molecule has 0 aliphatic carbocycles. The highest BCUT2D eigenvalue weighted by molar-refractivity contribution is 6.32. The molecule has 0 fully saturated rings. The minimum Gasteiger partial charge on any atom is -0.462 e. The molecule has 1 N–H and O–H groups in total. The number of aliphatic hydroxyl groups is 1. The van der Waals surface area contributed by atoms with Gasteiger partial charge >= 0.3 is 5.97 Å². The maximum atomic E-state index is 11.6. The van der Waals surface area contributed by atoms with E-state index in [-0.39, 0.29) is 29.4 Å². The molecular weight excluding hydrogens is 230 g/mol. The Hall–Kier alpha value is -1.57. The van der Waals surface area contributed by atoms with Crippen molar-refractivity contribution in [3.63, 3.8) is 0 Å². The fraction of sp³-hybridized carbons (Fsp3) is 0.273. The molecule has 1 rings (SSSR count). The summed E-state index contributed by atoms with van der Waals surface area (Å²) in [5.41, 5.74) is 0.408. The number of benzene rings is 1. The molecule has 0 aromatic heterocycles. The second-order valence-electron chi connectivity index (χ2n) is 2.95. The smallest absolute Gasteiger partial charge is 0.339 e. The van der Waals surface area contributed by atoms with E-state index in [0.717, 1.165) is 0 Å². The van der Waals surface area contributed by atoms with Gasteiger partial charge in [-0.05, 0) is 18.6 Å². The van der Waals surface area contributed by atoms with Gasteiger partial charge in [-0.2, -0.15) is 5.26 Å². The Morgan fingerprint density at radius 1 is 1.62 bits per heavy atom. The molecular formula is C11H10ClNO3. The highest BCUT2D eigenvalue weighted by Gasteiger charge is 2.19. The first-order valence-corrected chi connectivity index (χ1v) is 5.03. The highest BCUT2D eigenvalue weighted by atomic mass is 35.5. The number of hydrogen-bond acceptors (Lipinski definition) is 4. The lowest BCUT2D eigenvalue weighted by Crippen LogP contribution is -2.11. The number of carbonyl (C=O) groups is 1. The lowest BCUT2D eigenvalue weighted by molar-refractivity contribution is 0.0522. The summed E-state index contributed by atoms with van der Waals surface area (Å²) in [4.78, 5) is 11.6. The molecule has 0 saturated carbocycles. The fourth-order valence-electron chi connectivity index (χ4n) is 1.30. The van der Waals surface area contributed by atoms with E-state index in [2.05, 4.69) is 0 Å². The molecule has 0 saturated heterocycles. The number of nitriles is 1. The van der Waals surface area contributed by atoms with Crippen LogP contribution in [0.4, 0.5) is 0 Å². The molecule has 0 aliphatic heterocycles. The molecule has 1 aromatic rings. The molecule has 0 amide bonds. The molecule has 0 atom stereocenters. The molecule has 0 spiro atoms. The molecule has 0 radical (unpaired) electrons. The largest absolute Gasteiger partial charge is 0.462 e. The minimum atomic E-state index is -0.648. The van der Waals surface area contributed by atoms with Crippen molar-refractivity contribution in [2.24, 2.45) is 0 Å². The molecule has 4 nitrogen and oxygen atoms in total. The third kappa shape index (κ3) is 2.32. The van der Waals surface area contributed by atoms with Gasteiger partial charge in [0.1, 0.15) is 6.07 Å². The SMILES string of the molecule is CCOC(=O)c1c(CO)ccc(Cl)c1C#N. The highest BCUT2D eigenvalue weighted by Crippen LogP contribution is 2.23. The van der Waals surface area contributed by atoms with Gasteiger partial charge in [0.05, 0.1) is 29.4 Å². The first-order chi connectivity index (χ1) is 7.65. The first-order valence-electron chi connectivity index (χ1n) is 4.65. The van der Waals surface area contributed by atoms with Crippen LogP contribution < -0.4 is 0 Å². The van der Waals surface area contributed by atoms with Crippen LogP contribution in [0.3, 0.4) is 0 Å². The Bertz CT molecular complexity index is 451. The van der Waals surface area contributed by atoms with Crippen LogP contribution in [0.5, 0.6) is 0 Å². The zero-order chi connectivity index (χ0) is 12.1. The second-order valence-corrected chi connectivity index (χ2v) is 3.35. The summed E-state index contributed by atoms with van der Waals surface area (Å²) >= 11 is 5.79. The van der Waals surface area contributed by atoms with Crippen molar-refractivity contribution in [1.82, 2.24) is 0 Å². The van der Waals surface area contributed by atoms with E-state index in [9.17, 15) is 4.79 Å². The quantitative estimate of drug-likeness (QED) is 0.818. The van der Waals surface area contributed by atoms with E-state index in [1.807, 2.05) is 6.07 Å². The molecule has 5 heteroatoms. The van der Waals surface area contributed by atoms with E-state index < -0.39 is 5.97 Å². The van der Waals surface area contributed by atoms with Gasteiger partial charge in [0, 0.05) is 0 Å². The van der Waals surface area contributed by atoms with Crippen molar-refractivity contribution >= 4 is 17.6 Å². The van der Waals surface area contributed by atoms with Crippen molar-refractivity contribution in [2.45, 2.75) is 13.5 Å². The lowest BCUT2D eigenvalue weighted by atomic mass is 10.0. The van der Waals surface area contributed by atoms with Crippen LogP contribution in [-0.2, 0) is 11.3 Å². The Morgan fingerprint density at radius 3 is 2.81 bits per heavy atom. The van der Waals surface area contributed by atoms with Crippen LogP contribution >= 0.6 is 11.6 Å². The van der Waals surface area contributed by atoms with Gasteiger partial charge in [0.15, 0.2) is 0 Å². The number of nitrogens with zero attached hydrogens (tertiary/aromatic N) is 1. The fourth-order valence-corrected chi connectivity index (χ4v) is 1.50. The van der Waals surface area contributed by atoms with E-state index in [1.165, 1.54) is 12.1 Å². The number of rotatable bonds is 3. The Kier molecular flexibility index (Phi) is 4.29. The Balaban J connectivity index is 3.37. The van der Waals surface area contributed by atoms with E-state index in [1.54, 1.807) is 6.92 Å². The van der Waals surface area contributed by atoms with Gasteiger partial charge in [-0.25, -0.2) is 4.79 Å². The third-order valence-corrected chi connectivity index (χ3v) is 2.32.